The first-order chi connectivity index (χ1) is 5.18. The molecule has 1 heterocycles. The number of pyridine rings is 1. The highest BCUT2D eigenvalue weighted by Crippen LogP contribution is 2.07. The van der Waals surface area contributed by atoms with Gasteiger partial charge in [-0.1, -0.05) is 13.8 Å². The summed E-state index contributed by atoms with van der Waals surface area (Å²) in [6.07, 6.45) is 3.83. The minimum atomic E-state index is -0.247. The minimum Gasteiger partial charge on any atom is -0.261 e. The first kappa shape index (κ1) is 8.18. The van der Waals surface area contributed by atoms with Crippen LogP contribution in [0.3, 0.4) is 0 Å². The molecule has 1 rings (SSSR count). The molecule has 0 N–H and O–H groups in total. The second-order valence-corrected chi connectivity index (χ2v) is 3.11. The maximum Gasteiger partial charge on any atom is 0.141 e. The van der Waals surface area contributed by atoms with Crippen molar-refractivity contribution in [2.24, 2.45) is 5.92 Å². The van der Waals surface area contributed by atoms with Crippen LogP contribution in [0, 0.1) is 11.7 Å². The Morgan fingerprint density at radius 1 is 1.45 bits per heavy atom. The molecule has 0 bridgehead atoms. The van der Waals surface area contributed by atoms with Crippen LogP contribution in [-0.2, 0) is 6.42 Å². The van der Waals surface area contributed by atoms with Gasteiger partial charge in [-0.2, -0.15) is 0 Å². The van der Waals surface area contributed by atoms with Gasteiger partial charge >= 0.3 is 0 Å². The fraction of sp³-hybridized carbons (Fsp3) is 0.444. The van der Waals surface area contributed by atoms with Gasteiger partial charge in [-0.25, -0.2) is 4.39 Å². The number of rotatable bonds is 2. The van der Waals surface area contributed by atoms with Crippen LogP contribution >= 0.6 is 0 Å². The van der Waals surface area contributed by atoms with Crippen molar-refractivity contribution in [1.82, 2.24) is 4.98 Å². The van der Waals surface area contributed by atoms with Gasteiger partial charge in [0, 0.05) is 6.20 Å². The Kier molecular flexibility index (Phi) is 2.58. The van der Waals surface area contributed by atoms with E-state index in [4.69, 9.17) is 0 Å². The summed E-state index contributed by atoms with van der Waals surface area (Å²) < 4.78 is 12.6. The molecular weight excluding hydrogens is 141 g/mol. The van der Waals surface area contributed by atoms with E-state index in [1.165, 1.54) is 12.3 Å². The summed E-state index contributed by atoms with van der Waals surface area (Å²) in [7, 11) is 0. The lowest BCUT2D eigenvalue weighted by Crippen LogP contribution is -1.95. The monoisotopic (exact) mass is 153 g/mol. The van der Waals surface area contributed by atoms with Crippen molar-refractivity contribution >= 4 is 0 Å². The van der Waals surface area contributed by atoms with Crippen molar-refractivity contribution in [3.8, 4) is 0 Å². The van der Waals surface area contributed by atoms with E-state index < -0.39 is 0 Å². The van der Waals surface area contributed by atoms with Gasteiger partial charge in [0.25, 0.3) is 0 Å². The molecule has 0 aliphatic rings. The van der Waals surface area contributed by atoms with Gasteiger partial charge in [-0.05, 0) is 24.0 Å². The number of hydrogen-bond acceptors (Lipinski definition) is 1. The molecule has 0 saturated carbocycles. The van der Waals surface area contributed by atoms with Crippen LogP contribution in [0.5, 0.6) is 0 Å². The molecular formula is C9H12FN. The summed E-state index contributed by atoms with van der Waals surface area (Å²) in [6.45, 7) is 4.20. The quantitative estimate of drug-likeness (QED) is 0.635. The molecule has 1 aromatic rings. The molecule has 0 unspecified atom stereocenters. The Morgan fingerprint density at radius 3 is 2.73 bits per heavy atom. The average Bonchev–Trinajstić information content (AvgIpc) is 1.85. The molecule has 0 fully saturated rings. The van der Waals surface area contributed by atoms with Gasteiger partial charge in [-0.15, -0.1) is 0 Å². The Hall–Kier alpha value is -0.920. The third-order valence-electron chi connectivity index (χ3n) is 1.41. The maximum absolute atomic E-state index is 12.6. The van der Waals surface area contributed by atoms with E-state index >= 15 is 0 Å². The molecule has 1 nitrogen and oxygen atoms in total. The van der Waals surface area contributed by atoms with Gasteiger partial charge in [-0.3, -0.25) is 4.98 Å². The first-order valence-electron chi connectivity index (χ1n) is 3.78. The molecule has 0 amide bonds. The Bertz CT molecular complexity index is 233. The van der Waals surface area contributed by atoms with E-state index in [-0.39, 0.29) is 5.82 Å². The molecule has 0 aliphatic heterocycles. The van der Waals surface area contributed by atoms with Crippen LogP contribution < -0.4 is 0 Å². The summed E-state index contributed by atoms with van der Waals surface area (Å²) >= 11 is 0. The SMILES string of the molecule is CC(C)Cc1cncc(F)c1. The van der Waals surface area contributed by atoms with Gasteiger partial charge in [0.2, 0.25) is 0 Å². The van der Waals surface area contributed by atoms with E-state index in [1.54, 1.807) is 6.20 Å². The molecule has 1 aromatic heterocycles. The molecule has 60 valence electrons. The molecule has 0 aromatic carbocycles. The second-order valence-electron chi connectivity index (χ2n) is 3.11. The fourth-order valence-corrected chi connectivity index (χ4v) is 1.04. The average molecular weight is 153 g/mol. The zero-order valence-electron chi connectivity index (χ0n) is 6.84. The second kappa shape index (κ2) is 3.46. The van der Waals surface area contributed by atoms with Crippen LogP contribution in [0.4, 0.5) is 4.39 Å². The molecule has 0 radical (unpaired) electrons. The molecule has 0 aliphatic carbocycles. The molecule has 11 heavy (non-hydrogen) atoms. The predicted molar refractivity (Wildman–Crippen MR) is 42.7 cm³/mol. The third-order valence-corrected chi connectivity index (χ3v) is 1.41. The van der Waals surface area contributed by atoms with E-state index in [1.807, 2.05) is 0 Å². The summed E-state index contributed by atoms with van der Waals surface area (Å²) in [5.41, 5.74) is 0.972. The molecule has 0 atom stereocenters. The van der Waals surface area contributed by atoms with Gasteiger partial charge in [0.1, 0.15) is 5.82 Å². The van der Waals surface area contributed by atoms with E-state index in [0.717, 1.165) is 12.0 Å². The van der Waals surface area contributed by atoms with Gasteiger partial charge in [0.05, 0.1) is 6.20 Å². The molecule has 0 saturated heterocycles. The summed E-state index contributed by atoms with van der Waals surface area (Å²) in [5.74, 6) is 0.307. The highest BCUT2D eigenvalue weighted by molar-refractivity contribution is 5.10. The smallest absolute Gasteiger partial charge is 0.141 e. The topological polar surface area (TPSA) is 12.9 Å². The standard InChI is InChI=1S/C9H12FN/c1-7(2)3-8-4-9(10)6-11-5-8/h4-7H,3H2,1-2H3. The van der Waals surface area contributed by atoms with Crippen molar-refractivity contribution in [3.63, 3.8) is 0 Å². The summed E-state index contributed by atoms with van der Waals surface area (Å²) in [4.78, 5) is 3.76. The number of hydrogen-bond donors (Lipinski definition) is 0. The van der Waals surface area contributed by atoms with E-state index in [2.05, 4.69) is 18.8 Å². The first-order valence-corrected chi connectivity index (χ1v) is 3.78. The van der Waals surface area contributed by atoms with Crippen molar-refractivity contribution in [2.45, 2.75) is 20.3 Å². The minimum absolute atomic E-state index is 0.247. The molecule has 2 heteroatoms. The highest BCUT2D eigenvalue weighted by Gasteiger charge is 1.98. The van der Waals surface area contributed by atoms with Gasteiger partial charge in [0.15, 0.2) is 0 Å². The summed E-state index contributed by atoms with van der Waals surface area (Å²) in [6, 6.07) is 1.53. The van der Waals surface area contributed by atoms with Crippen LogP contribution in [-0.4, -0.2) is 4.98 Å². The highest BCUT2D eigenvalue weighted by atomic mass is 19.1. The van der Waals surface area contributed by atoms with E-state index in [9.17, 15) is 4.39 Å². The van der Waals surface area contributed by atoms with Crippen LogP contribution in [0.15, 0.2) is 18.5 Å². The third kappa shape index (κ3) is 2.66. The Morgan fingerprint density at radius 2 is 2.18 bits per heavy atom. The predicted octanol–water partition coefficient (Wildman–Crippen LogP) is 2.42. The lowest BCUT2D eigenvalue weighted by molar-refractivity contribution is 0.605. The van der Waals surface area contributed by atoms with E-state index in [0.29, 0.717) is 5.92 Å². The summed E-state index contributed by atoms with van der Waals surface area (Å²) in [5, 5.41) is 0. The number of nitrogens with zero attached hydrogens (tertiary/aromatic N) is 1. The number of halogens is 1. The van der Waals surface area contributed by atoms with Crippen LogP contribution in [0.1, 0.15) is 19.4 Å². The zero-order valence-corrected chi connectivity index (χ0v) is 6.84. The largest absolute Gasteiger partial charge is 0.261 e. The Labute approximate surface area is 66.3 Å². The normalized spacial score (nSPS) is 10.5. The maximum atomic E-state index is 12.6. The van der Waals surface area contributed by atoms with Crippen molar-refractivity contribution in [2.75, 3.05) is 0 Å². The van der Waals surface area contributed by atoms with Crippen molar-refractivity contribution in [3.05, 3.63) is 29.8 Å². The van der Waals surface area contributed by atoms with Crippen LogP contribution in [0.25, 0.3) is 0 Å². The lowest BCUT2D eigenvalue weighted by Gasteiger charge is -2.02. The van der Waals surface area contributed by atoms with Crippen molar-refractivity contribution in [1.29, 1.82) is 0 Å². The molecule has 0 spiro atoms. The Balaban J connectivity index is 2.71. The lowest BCUT2D eigenvalue weighted by atomic mass is 10.1. The number of aromatic nitrogens is 1. The van der Waals surface area contributed by atoms with Gasteiger partial charge < -0.3 is 0 Å². The van der Waals surface area contributed by atoms with Crippen molar-refractivity contribution < 1.29 is 4.39 Å². The van der Waals surface area contributed by atoms with Crippen LogP contribution in [0.2, 0.25) is 0 Å². The zero-order chi connectivity index (χ0) is 8.27. The fourth-order valence-electron chi connectivity index (χ4n) is 1.04.